The predicted molar refractivity (Wildman–Crippen MR) is 56.9 cm³/mol. The average Bonchev–Trinajstić information content (AvgIpc) is 2.75. The third-order valence-electron chi connectivity index (χ3n) is 2.65. The van der Waals surface area contributed by atoms with Crippen LogP contribution in [0.3, 0.4) is 0 Å². The number of rotatable bonds is 3. The highest BCUT2D eigenvalue weighted by Crippen LogP contribution is 2.17. The van der Waals surface area contributed by atoms with Crippen LogP contribution in [0.15, 0.2) is 18.3 Å². The van der Waals surface area contributed by atoms with Gasteiger partial charge in [0.1, 0.15) is 5.60 Å². The summed E-state index contributed by atoms with van der Waals surface area (Å²) in [5, 5.41) is 12.5. The fraction of sp³-hybridized carbons (Fsp3) is 0.455. The van der Waals surface area contributed by atoms with Crippen molar-refractivity contribution >= 4 is 5.91 Å². The normalized spacial score (nSPS) is 23.6. The standard InChI is InChI=1S/C11H13FN2O3/c12-9-2-1-8(5-13-9)10(15)14-6-11(16)3-4-17-7-11/h1-2,5,16H,3-4,6-7H2,(H,14,15). The van der Waals surface area contributed by atoms with Crippen molar-refractivity contribution in [1.29, 1.82) is 0 Å². The monoisotopic (exact) mass is 240 g/mol. The van der Waals surface area contributed by atoms with Crippen LogP contribution in [0.25, 0.3) is 0 Å². The van der Waals surface area contributed by atoms with Gasteiger partial charge in [-0.25, -0.2) is 4.98 Å². The molecule has 0 saturated carbocycles. The lowest BCUT2D eigenvalue weighted by molar-refractivity contribution is 0.0264. The Morgan fingerprint density at radius 3 is 3.06 bits per heavy atom. The maximum Gasteiger partial charge on any atom is 0.252 e. The van der Waals surface area contributed by atoms with Gasteiger partial charge in [-0.05, 0) is 12.1 Å². The number of amides is 1. The van der Waals surface area contributed by atoms with Crippen LogP contribution in [-0.4, -0.2) is 41.4 Å². The Morgan fingerprint density at radius 2 is 2.47 bits per heavy atom. The molecule has 0 bridgehead atoms. The molecule has 17 heavy (non-hydrogen) atoms. The van der Waals surface area contributed by atoms with Gasteiger partial charge >= 0.3 is 0 Å². The molecule has 1 saturated heterocycles. The molecule has 1 aliphatic rings. The number of nitrogens with one attached hydrogen (secondary N) is 1. The number of ether oxygens (including phenoxy) is 1. The van der Waals surface area contributed by atoms with Gasteiger partial charge in [-0.1, -0.05) is 0 Å². The van der Waals surface area contributed by atoms with Crippen LogP contribution >= 0.6 is 0 Å². The van der Waals surface area contributed by atoms with E-state index < -0.39 is 17.5 Å². The number of aliphatic hydroxyl groups is 1. The Morgan fingerprint density at radius 1 is 1.65 bits per heavy atom. The molecule has 2 N–H and O–H groups in total. The average molecular weight is 240 g/mol. The minimum Gasteiger partial charge on any atom is -0.386 e. The Bertz CT molecular complexity index is 402. The third kappa shape index (κ3) is 2.98. The maximum absolute atomic E-state index is 12.5. The van der Waals surface area contributed by atoms with Crippen LogP contribution < -0.4 is 5.32 Å². The van der Waals surface area contributed by atoms with Crippen LogP contribution in [0, 0.1) is 5.95 Å². The first kappa shape index (κ1) is 11.9. The van der Waals surface area contributed by atoms with E-state index in [0.717, 1.165) is 12.3 Å². The quantitative estimate of drug-likeness (QED) is 0.735. The lowest BCUT2D eigenvalue weighted by Crippen LogP contribution is -2.43. The summed E-state index contributed by atoms with van der Waals surface area (Å²) in [7, 11) is 0. The molecular weight excluding hydrogens is 227 g/mol. The smallest absolute Gasteiger partial charge is 0.252 e. The predicted octanol–water partition coefficient (Wildman–Crippen LogP) is 0.102. The first-order chi connectivity index (χ1) is 8.09. The molecule has 1 atom stereocenters. The van der Waals surface area contributed by atoms with Crippen molar-refractivity contribution in [3.63, 3.8) is 0 Å². The van der Waals surface area contributed by atoms with Gasteiger partial charge < -0.3 is 15.2 Å². The van der Waals surface area contributed by atoms with Crippen LogP contribution in [0.5, 0.6) is 0 Å². The van der Waals surface area contributed by atoms with Crippen molar-refractivity contribution in [2.75, 3.05) is 19.8 Å². The van der Waals surface area contributed by atoms with Crippen molar-refractivity contribution in [3.05, 3.63) is 29.8 Å². The van der Waals surface area contributed by atoms with Gasteiger partial charge in [0.2, 0.25) is 5.95 Å². The highest BCUT2D eigenvalue weighted by Gasteiger charge is 2.32. The molecule has 1 aromatic heterocycles. The fourth-order valence-corrected chi connectivity index (χ4v) is 1.59. The topological polar surface area (TPSA) is 71.5 Å². The van der Waals surface area contributed by atoms with Gasteiger partial charge in [-0.2, -0.15) is 4.39 Å². The van der Waals surface area contributed by atoms with Gasteiger partial charge in [0.25, 0.3) is 5.91 Å². The van der Waals surface area contributed by atoms with Crippen molar-refractivity contribution in [2.24, 2.45) is 0 Å². The summed E-state index contributed by atoms with van der Waals surface area (Å²) < 4.78 is 17.6. The van der Waals surface area contributed by atoms with E-state index in [1.807, 2.05) is 0 Å². The summed E-state index contributed by atoms with van der Waals surface area (Å²) in [5.41, 5.74) is -0.739. The van der Waals surface area contributed by atoms with E-state index in [4.69, 9.17) is 4.74 Å². The Balaban J connectivity index is 1.91. The first-order valence-electron chi connectivity index (χ1n) is 5.29. The molecule has 1 aliphatic heterocycles. The van der Waals surface area contributed by atoms with E-state index in [9.17, 15) is 14.3 Å². The van der Waals surface area contributed by atoms with Crippen molar-refractivity contribution in [2.45, 2.75) is 12.0 Å². The van der Waals surface area contributed by atoms with E-state index in [1.165, 1.54) is 6.07 Å². The molecule has 92 valence electrons. The maximum atomic E-state index is 12.5. The highest BCUT2D eigenvalue weighted by molar-refractivity contribution is 5.93. The number of nitrogens with zero attached hydrogens (tertiary/aromatic N) is 1. The van der Waals surface area contributed by atoms with Gasteiger partial charge in [0, 0.05) is 25.8 Å². The number of carbonyl (C=O) groups is 1. The van der Waals surface area contributed by atoms with E-state index in [-0.39, 0.29) is 18.7 Å². The molecule has 0 aromatic carbocycles. The summed E-state index contributed by atoms with van der Waals surface area (Å²) >= 11 is 0. The lowest BCUT2D eigenvalue weighted by atomic mass is 10.0. The Labute approximate surface area is 97.6 Å². The number of hydrogen-bond donors (Lipinski definition) is 2. The molecule has 1 amide bonds. The fourth-order valence-electron chi connectivity index (χ4n) is 1.59. The van der Waals surface area contributed by atoms with Gasteiger partial charge in [-0.3, -0.25) is 4.79 Å². The second-order valence-corrected chi connectivity index (χ2v) is 4.08. The van der Waals surface area contributed by atoms with Crippen molar-refractivity contribution in [1.82, 2.24) is 10.3 Å². The Hall–Kier alpha value is -1.53. The minimum absolute atomic E-state index is 0.114. The van der Waals surface area contributed by atoms with Crippen LogP contribution in [0.2, 0.25) is 0 Å². The SMILES string of the molecule is O=C(NCC1(O)CCOC1)c1ccc(F)nc1. The molecule has 1 aromatic rings. The summed E-state index contributed by atoms with van der Waals surface area (Å²) in [6, 6.07) is 2.45. The highest BCUT2D eigenvalue weighted by atomic mass is 19.1. The first-order valence-corrected chi connectivity index (χ1v) is 5.29. The van der Waals surface area contributed by atoms with Crippen LogP contribution in [0.4, 0.5) is 4.39 Å². The molecular formula is C11H13FN2O3. The molecule has 0 spiro atoms. The van der Waals surface area contributed by atoms with E-state index in [1.54, 1.807) is 0 Å². The largest absolute Gasteiger partial charge is 0.386 e. The summed E-state index contributed by atoms with van der Waals surface area (Å²) in [4.78, 5) is 15.0. The number of carbonyl (C=O) groups excluding carboxylic acids is 1. The lowest BCUT2D eigenvalue weighted by Gasteiger charge is -2.20. The molecule has 0 radical (unpaired) electrons. The third-order valence-corrected chi connectivity index (χ3v) is 2.65. The zero-order valence-electron chi connectivity index (χ0n) is 9.15. The van der Waals surface area contributed by atoms with E-state index in [0.29, 0.717) is 13.0 Å². The summed E-state index contributed by atoms with van der Waals surface area (Å²) in [6.07, 6.45) is 1.65. The minimum atomic E-state index is -0.997. The summed E-state index contributed by atoms with van der Waals surface area (Å²) in [6.45, 7) is 0.822. The van der Waals surface area contributed by atoms with Crippen LogP contribution in [-0.2, 0) is 4.74 Å². The zero-order chi connectivity index (χ0) is 12.3. The van der Waals surface area contributed by atoms with Gasteiger partial charge in [-0.15, -0.1) is 0 Å². The van der Waals surface area contributed by atoms with Gasteiger partial charge in [0.05, 0.1) is 12.2 Å². The molecule has 5 nitrogen and oxygen atoms in total. The molecule has 0 aliphatic carbocycles. The number of aromatic nitrogens is 1. The van der Waals surface area contributed by atoms with Crippen molar-refractivity contribution in [3.8, 4) is 0 Å². The second kappa shape index (κ2) is 4.77. The zero-order valence-corrected chi connectivity index (χ0v) is 9.15. The molecule has 1 fully saturated rings. The number of halogens is 1. The van der Waals surface area contributed by atoms with E-state index in [2.05, 4.69) is 10.3 Å². The number of pyridine rings is 1. The second-order valence-electron chi connectivity index (χ2n) is 4.08. The van der Waals surface area contributed by atoms with Gasteiger partial charge in [0.15, 0.2) is 0 Å². The summed E-state index contributed by atoms with van der Waals surface area (Å²) in [5.74, 6) is -1.03. The Kier molecular flexibility index (Phi) is 3.35. The molecule has 2 rings (SSSR count). The van der Waals surface area contributed by atoms with Crippen LogP contribution in [0.1, 0.15) is 16.8 Å². The van der Waals surface area contributed by atoms with E-state index >= 15 is 0 Å². The van der Waals surface area contributed by atoms with Crippen molar-refractivity contribution < 1.29 is 19.0 Å². The molecule has 6 heteroatoms. The number of hydrogen-bond acceptors (Lipinski definition) is 4. The molecule has 2 heterocycles. The molecule has 1 unspecified atom stereocenters.